The number of hydrogen-bond donors (Lipinski definition) is 1. The highest BCUT2D eigenvalue weighted by Gasteiger charge is 2.20. The van der Waals surface area contributed by atoms with Gasteiger partial charge in [-0.05, 0) is 18.8 Å². The third kappa shape index (κ3) is 2.91. The van der Waals surface area contributed by atoms with Crippen LogP contribution in [0.15, 0.2) is 12.3 Å². The second kappa shape index (κ2) is 5.73. The molecule has 0 aliphatic heterocycles. The van der Waals surface area contributed by atoms with E-state index < -0.39 is 4.92 Å². The van der Waals surface area contributed by atoms with E-state index in [0.717, 1.165) is 23.9 Å². The molecule has 0 radical (unpaired) electrons. The van der Waals surface area contributed by atoms with Crippen LogP contribution in [0.1, 0.15) is 28.7 Å². The summed E-state index contributed by atoms with van der Waals surface area (Å²) in [5.74, 6) is -0.690. The van der Waals surface area contributed by atoms with E-state index >= 15 is 0 Å². The SMILES string of the molecule is CCn1ncc(CN(C)C(=O)c2cc([N+](=O)[O-])[nH]n2)c1C. The Morgan fingerprint density at radius 1 is 1.57 bits per heavy atom. The fourth-order valence-electron chi connectivity index (χ4n) is 2.00. The van der Waals surface area contributed by atoms with Crippen molar-refractivity contribution in [2.75, 3.05) is 7.05 Å². The molecule has 0 saturated carbocycles. The lowest BCUT2D eigenvalue weighted by atomic mass is 10.2. The van der Waals surface area contributed by atoms with Crippen molar-refractivity contribution in [3.8, 4) is 0 Å². The minimum absolute atomic E-state index is 0.0183. The van der Waals surface area contributed by atoms with Crippen LogP contribution in [0.4, 0.5) is 5.82 Å². The number of hydrogen-bond acceptors (Lipinski definition) is 5. The summed E-state index contributed by atoms with van der Waals surface area (Å²) in [5.41, 5.74) is 1.94. The molecule has 9 nitrogen and oxygen atoms in total. The fourth-order valence-corrected chi connectivity index (χ4v) is 2.00. The molecule has 2 aromatic rings. The highest BCUT2D eigenvalue weighted by atomic mass is 16.6. The number of nitrogens with one attached hydrogen (secondary N) is 1. The van der Waals surface area contributed by atoms with Gasteiger partial charge in [-0.1, -0.05) is 5.10 Å². The predicted molar refractivity (Wildman–Crippen MR) is 73.7 cm³/mol. The van der Waals surface area contributed by atoms with E-state index in [4.69, 9.17) is 0 Å². The van der Waals surface area contributed by atoms with Gasteiger partial charge in [-0.3, -0.25) is 9.48 Å². The lowest BCUT2D eigenvalue weighted by Crippen LogP contribution is -2.26. The summed E-state index contributed by atoms with van der Waals surface area (Å²) in [4.78, 5) is 23.6. The lowest BCUT2D eigenvalue weighted by Gasteiger charge is -2.15. The molecule has 0 unspecified atom stereocenters. The second-order valence-electron chi connectivity index (χ2n) is 4.63. The Morgan fingerprint density at radius 2 is 2.29 bits per heavy atom. The number of aromatic amines is 1. The smallest absolute Gasteiger partial charge is 0.343 e. The molecule has 2 heterocycles. The van der Waals surface area contributed by atoms with Gasteiger partial charge in [0.05, 0.1) is 12.3 Å². The molecule has 9 heteroatoms. The number of nitrogens with zero attached hydrogens (tertiary/aromatic N) is 5. The molecule has 112 valence electrons. The van der Waals surface area contributed by atoms with E-state index in [2.05, 4.69) is 15.3 Å². The summed E-state index contributed by atoms with van der Waals surface area (Å²) < 4.78 is 1.84. The quantitative estimate of drug-likeness (QED) is 0.655. The van der Waals surface area contributed by atoms with Crippen molar-refractivity contribution in [1.82, 2.24) is 24.9 Å². The van der Waals surface area contributed by atoms with Crippen molar-refractivity contribution in [1.29, 1.82) is 0 Å². The average Bonchev–Trinajstić information content (AvgIpc) is 3.06. The number of amides is 1. The molecule has 0 spiro atoms. The summed E-state index contributed by atoms with van der Waals surface area (Å²) in [6.45, 7) is 5.05. The first-order chi connectivity index (χ1) is 9.93. The Kier molecular flexibility index (Phi) is 4.01. The van der Waals surface area contributed by atoms with E-state index in [9.17, 15) is 14.9 Å². The number of aryl methyl sites for hydroxylation is 1. The number of rotatable bonds is 5. The van der Waals surface area contributed by atoms with Crippen LogP contribution < -0.4 is 0 Å². The van der Waals surface area contributed by atoms with Gasteiger partial charge in [0.2, 0.25) is 0 Å². The molecule has 0 aliphatic rings. The third-order valence-electron chi connectivity index (χ3n) is 3.24. The van der Waals surface area contributed by atoms with Crippen LogP contribution in [0.5, 0.6) is 0 Å². The number of carbonyl (C=O) groups is 1. The van der Waals surface area contributed by atoms with Gasteiger partial charge in [-0.25, -0.2) is 0 Å². The summed E-state index contributed by atoms with van der Waals surface area (Å²) in [6.07, 6.45) is 1.72. The van der Waals surface area contributed by atoms with Crippen LogP contribution in [0.3, 0.4) is 0 Å². The summed E-state index contributed by atoms with van der Waals surface area (Å²) in [6, 6.07) is 1.13. The second-order valence-corrected chi connectivity index (χ2v) is 4.63. The van der Waals surface area contributed by atoms with Gasteiger partial charge in [0, 0.05) is 31.4 Å². The number of aromatic nitrogens is 4. The number of H-pyrrole nitrogens is 1. The van der Waals surface area contributed by atoms with Gasteiger partial charge in [0.25, 0.3) is 5.91 Å². The molecule has 0 aliphatic carbocycles. The number of nitro groups is 1. The van der Waals surface area contributed by atoms with Crippen molar-refractivity contribution in [3.63, 3.8) is 0 Å². The standard InChI is InChI=1S/C12H16N6O3/c1-4-17-8(2)9(6-13-17)7-16(3)12(19)10-5-11(15-14-10)18(20)21/h5-6H,4,7H2,1-3H3,(H,14,15). The van der Waals surface area contributed by atoms with Gasteiger partial charge < -0.3 is 15.0 Å². The third-order valence-corrected chi connectivity index (χ3v) is 3.24. The lowest BCUT2D eigenvalue weighted by molar-refractivity contribution is -0.389. The monoisotopic (exact) mass is 292 g/mol. The molecule has 1 amide bonds. The Bertz CT molecular complexity index is 674. The van der Waals surface area contributed by atoms with Crippen LogP contribution in [0, 0.1) is 17.0 Å². The Morgan fingerprint density at radius 3 is 2.81 bits per heavy atom. The van der Waals surface area contributed by atoms with Crippen LogP contribution in [-0.2, 0) is 13.1 Å². The molecule has 0 fully saturated rings. The Hall–Kier alpha value is -2.71. The molecule has 2 rings (SSSR count). The largest absolute Gasteiger partial charge is 0.358 e. The topological polar surface area (TPSA) is 110 Å². The summed E-state index contributed by atoms with van der Waals surface area (Å²) >= 11 is 0. The van der Waals surface area contributed by atoms with Crippen molar-refractivity contribution >= 4 is 11.7 Å². The normalized spacial score (nSPS) is 10.6. The van der Waals surface area contributed by atoms with Gasteiger partial charge >= 0.3 is 5.82 Å². The van der Waals surface area contributed by atoms with Gasteiger partial charge in [0.1, 0.15) is 0 Å². The highest BCUT2D eigenvalue weighted by Crippen LogP contribution is 2.13. The average molecular weight is 292 g/mol. The molecular formula is C12H16N6O3. The van der Waals surface area contributed by atoms with Gasteiger partial charge in [0.15, 0.2) is 5.69 Å². The Balaban J connectivity index is 2.11. The fraction of sp³-hybridized carbons (Fsp3) is 0.417. The first kappa shape index (κ1) is 14.7. The zero-order chi connectivity index (χ0) is 15.6. The molecule has 21 heavy (non-hydrogen) atoms. The van der Waals surface area contributed by atoms with Crippen molar-refractivity contribution in [2.24, 2.45) is 0 Å². The molecule has 0 atom stereocenters. The first-order valence-corrected chi connectivity index (χ1v) is 6.40. The molecular weight excluding hydrogens is 276 g/mol. The maximum atomic E-state index is 12.2. The maximum Gasteiger partial charge on any atom is 0.343 e. The van der Waals surface area contributed by atoms with Gasteiger partial charge in [-0.15, -0.1) is 5.10 Å². The van der Waals surface area contributed by atoms with Crippen molar-refractivity contribution < 1.29 is 9.72 Å². The van der Waals surface area contributed by atoms with E-state index in [1.54, 1.807) is 13.2 Å². The first-order valence-electron chi connectivity index (χ1n) is 6.40. The molecule has 0 bridgehead atoms. The minimum atomic E-state index is -0.626. The van der Waals surface area contributed by atoms with Gasteiger partial charge in [-0.2, -0.15) is 5.10 Å². The molecule has 2 aromatic heterocycles. The van der Waals surface area contributed by atoms with Crippen LogP contribution in [0.25, 0.3) is 0 Å². The van der Waals surface area contributed by atoms with E-state index in [1.807, 2.05) is 18.5 Å². The predicted octanol–water partition coefficient (Wildman–Crippen LogP) is 1.11. The highest BCUT2D eigenvalue weighted by molar-refractivity contribution is 5.92. The summed E-state index contributed by atoms with van der Waals surface area (Å²) in [5, 5.41) is 20.7. The molecule has 0 saturated heterocycles. The minimum Gasteiger partial charge on any atom is -0.358 e. The zero-order valence-corrected chi connectivity index (χ0v) is 12.0. The van der Waals surface area contributed by atoms with Crippen LogP contribution >= 0.6 is 0 Å². The van der Waals surface area contributed by atoms with Crippen LogP contribution in [0.2, 0.25) is 0 Å². The maximum absolute atomic E-state index is 12.2. The molecule has 0 aromatic carbocycles. The van der Waals surface area contributed by atoms with E-state index in [-0.39, 0.29) is 17.4 Å². The summed E-state index contributed by atoms with van der Waals surface area (Å²) in [7, 11) is 1.62. The van der Waals surface area contributed by atoms with E-state index in [0.29, 0.717) is 6.54 Å². The molecule has 1 N–H and O–H groups in total. The van der Waals surface area contributed by atoms with Crippen molar-refractivity contribution in [2.45, 2.75) is 26.9 Å². The van der Waals surface area contributed by atoms with Crippen molar-refractivity contribution in [3.05, 3.63) is 39.3 Å². The Labute approximate surface area is 120 Å². The van der Waals surface area contributed by atoms with Crippen LogP contribution in [-0.4, -0.2) is 42.8 Å². The number of carbonyl (C=O) groups excluding carboxylic acids is 1. The van der Waals surface area contributed by atoms with E-state index in [1.165, 1.54) is 4.90 Å². The zero-order valence-electron chi connectivity index (χ0n) is 12.0.